The standard InChI is InChI=1S/C10H18N4/c1-3-10(6-11-7-10)5-9-12-8-13-14(9)4-2/h8,11H,3-7H2,1-2H3. The normalized spacial score (nSPS) is 19.3. The molecule has 1 fully saturated rings. The van der Waals surface area contributed by atoms with Gasteiger partial charge in [0.15, 0.2) is 0 Å². The zero-order valence-electron chi connectivity index (χ0n) is 8.95. The predicted octanol–water partition coefficient (Wildman–Crippen LogP) is 0.840. The minimum Gasteiger partial charge on any atom is -0.316 e. The molecule has 1 aromatic heterocycles. The van der Waals surface area contributed by atoms with Crippen LogP contribution in [0.15, 0.2) is 6.33 Å². The van der Waals surface area contributed by atoms with Crippen molar-refractivity contribution in [3.05, 3.63) is 12.2 Å². The molecule has 2 heterocycles. The van der Waals surface area contributed by atoms with Gasteiger partial charge in [0.2, 0.25) is 0 Å². The molecule has 1 aromatic rings. The average molecular weight is 194 g/mol. The molecule has 0 bridgehead atoms. The van der Waals surface area contributed by atoms with Gasteiger partial charge in [0.1, 0.15) is 12.2 Å². The number of hydrogen-bond acceptors (Lipinski definition) is 3. The number of nitrogens with one attached hydrogen (secondary N) is 1. The van der Waals surface area contributed by atoms with E-state index in [4.69, 9.17) is 0 Å². The van der Waals surface area contributed by atoms with Gasteiger partial charge in [0.05, 0.1) is 0 Å². The molecule has 4 heteroatoms. The molecule has 2 rings (SSSR count). The second-order valence-electron chi connectivity index (χ2n) is 4.13. The lowest BCUT2D eigenvalue weighted by molar-refractivity contribution is 0.154. The van der Waals surface area contributed by atoms with Gasteiger partial charge >= 0.3 is 0 Å². The molecule has 0 amide bonds. The summed E-state index contributed by atoms with van der Waals surface area (Å²) in [6.07, 6.45) is 3.94. The van der Waals surface area contributed by atoms with E-state index in [0.717, 1.165) is 31.9 Å². The summed E-state index contributed by atoms with van der Waals surface area (Å²) < 4.78 is 2.00. The van der Waals surface area contributed by atoms with E-state index in [9.17, 15) is 0 Å². The Hall–Kier alpha value is -0.900. The van der Waals surface area contributed by atoms with Gasteiger partial charge in [-0.1, -0.05) is 6.92 Å². The maximum Gasteiger partial charge on any atom is 0.138 e. The van der Waals surface area contributed by atoms with Gasteiger partial charge in [0.25, 0.3) is 0 Å². The number of aryl methyl sites for hydroxylation is 1. The summed E-state index contributed by atoms with van der Waals surface area (Å²) >= 11 is 0. The Kier molecular flexibility index (Phi) is 2.54. The van der Waals surface area contributed by atoms with E-state index in [2.05, 4.69) is 29.2 Å². The second-order valence-corrected chi connectivity index (χ2v) is 4.13. The molecule has 1 aliphatic rings. The molecule has 0 saturated carbocycles. The maximum absolute atomic E-state index is 4.33. The second kappa shape index (κ2) is 3.69. The molecule has 78 valence electrons. The third-order valence-corrected chi connectivity index (χ3v) is 3.28. The van der Waals surface area contributed by atoms with Crippen LogP contribution in [0, 0.1) is 5.41 Å². The summed E-state index contributed by atoms with van der Waals surface area (Å²) in [7, 11) is 0. The van der Waals surface area contributed by atoms with Gasteiger partial charge in [-0.05, 0) is 13.3 Å². The summed E-state index contributed by atoms with van der Waals surface area (Å²) in [5.74, 6) is 1.14. The minimum atomic E-state index is 0.444. The summed E-state index contributed by atoms with van der Waals surface area (Å²) in [6, 6.07) is 0. The van der Waals surface area contributed by atoms with Crippen LogP contribution < -0.4 is 5.32 Å². The van der Waals surface area contributed by atoms with E-state index in [0.29, 0.717) is 5.41 Å². The van der Waals surface area contributed by atoms with Gasteiger partial charge in [-0.3, -0.25) is 4.68 Å². The van der Waals surface area contributed by atoms with Crippen molar-refractivity contribution in [2.24, 2.45) is 5.41 Å². The van der Waals surface area contributed by atoms with Crippen molar-refractivity contribution in [1.29, 1.82) is 0 Å². The van der Waals surface area contributed by atoms with Gasteiger partial charge in [0, 0.05) is 31.5 Å². The lowest BCUT2D eigenvalue weighted by Gasteiger charge is -2.41. The zero-order valence-corrected chi connectivity index (χ0v) is 8.95. The first-order valence-electron chi connectivity index (χ1n) is 5.37. The van der Waals surface area contributed by atoms with Crippen LogP contribution in [0.2, 0.25) is 0 Å². The van der Waals surface area contributed by atoms with Crippen LogP contribution in [0.3, 0.4) is 0 Å². The van der Waals surface area contributed by atoms with E-state index in [1.165, 1.54) is 6.42 Å². The smallest absolute Gasteiger partial charge is 0.138 e. The van der Waals surface area contributed by atoms with Crippen molar-refractivity contribution >= 4 is 0 Å². The van der Waals surface area contributed by atoms with Gasteiger partial charge in [-0.25, -0.2) is 4.98 Å². The lowest BCUT2D eigenvalue weighted by atomic mass is 9.76. The van der Waals surface area contributed by atoms with E-state index < -0.39 is 0 Å². The first-order valence-corrected chi connectivity index (χ1v) is 5.37. The Morgan fingerprint density at radius 2 is 2.29 bits per heavy atom. The number of aromatic nitrogens is 3. The summed E-state index contributed by atoms with van der Waals surface area (Å²) in [6.45, 7) is 7.53. The molecule has 0 aliphatic carbocycles. The largest absolute Gasteiger partial charge is 0.316 e. The minimum absolute atomic E-state index is 0.444. The summed E-state index contributed by atoms with van der Waals surface area (Å²) in [4.78, 5) is 4.33. The Labute approximate surface area is 84.7 Å². The molecule has 1 aliphatic heterocycles. The van der Waals surface area contributed by atoms with Crippen molar-refractivity contribution in [1.82, 2.24) is 20.1 Å². The van der Waals surface area contributed by atoms with Crippen LogP contribution in [0.5, 0.6) is 0 Å². The number of hydrogen-bond donors (Lipinski definition) is 1. The summed E-state index contributed by atoms with van der Waals surface area (Å²) in [5.41, 5.74) is 0.444. The summed E-state index contributed by atoms with van der Waals surface area (Å²) in [5, 5.41) is 7.54. The Morgan fingerprint density at radius 1 is 1.50 bits per heavy atom. The Bertz CT molecular complexity index is 295. The van der Waals surface area contributed by atoms with Crippen molar-refractivity contribution in [3.63, 3.8) is 0 Å². The van der Waals surface area contributed by atoms with Crippen molar-refractivity contribution in [2.75, 3.05) is 13.1 Å². The Morgan fingerprint density at radius 3 is 2.79 bits per heavy atom. The van der Waals surface area contributed by atoms with E-state index in [1.54, 1.807) is 6.33 Å². The topological polar surface area (TPSA) is 42.7 Å². The van der Waals surface area contributed by atoms with Gasteiger partial charge < -0.3 is 5.32 Å². The molecule has 4 nitrogen and oxygen atoms in total. The van der Waals surface area contributed by atoms with Crippen LogP contribution in [0.1, 0.15) is 26.1 Å². The average Bonchev–Trinajstić information content (AvgIpc) is 2.58. The molecule has 0 aromatic carbocycles. The highest BCUT2D eigenvalue weighted by atomic mass is 15.3. The molecule has 1 N–H and O–H groups in total. The first-order chi connectivity index (χ1) is 6.79. The van der Waals surface area contributed by atoms with Crippen molar-refractivity contribution < 1.29 is 0 Å². The highest BCUT2D eigenvalue weighted by Crippen LogP contribution is 2.30. The molecular formula is C10H18N4. The monoisotopic (exact) mass is 194 g/mol. The van der Waals surface area contributed by atoms with Crippen molar-refractivity contribution in [3.8, 4) is 0 Å². The molecular weight excluding hydrogens is 176 g/mol. The van der Waals surface area contributed by atoms with Crippen LogP contribution in [-0.4, -0.2) is 27.9 Å². The van der Waals surface area contributed by atoms with Crippen LogP contribution in [0.25, 0.3) is 0 Å². The molecule has 0 unspecified atom stereocenters. The van der Waals surface area contributed by atoms with Crippen LogP contribution >= 0.6 is 0 Å². The lowest BCUT2D eigenvalue weighted by Crippen LogP contribution is -2.54. The third kappa shape index (κ3) is 1.54. The fraction of sp³-hybridized carbons (Fsp3) is 0.800. The van der Waals surface area contributed by atoms with E-state index in [1.807, 2.05) is 4.68 Å². The molecule has 14 heavy (non-hydrogen) atoms. The fourth-order valence-corrected chi connectivity index (χ4v) is 2.00. The van der Waals surface area contributed by atoms with Gasteiger partial charge in [-0.15, -0.1) is 0 Å². The third-order valence-electron chi connectivity index (χ3n) is 3.28. The predicted molar refractivity (Wildman–Crippen MR) is 55.0 cm³/mol. The SMILES string of the molecule is CCn1ncnc1CC1(CC)CNC1. The van der Waals surface area contributed by atoms with E-state index >= 15 is 0 Å². The number of nitrogens with zero attached hydrogens (tertiary/aromatic N) is 3. The molecule has 1 saturated heterocycles. The van der Waals surface area contributed by atoms with Crippen LogP contribution in [0.4, 0.5) is 0 Å². The number of rotatable bonds is 4. The zero-order chi connectivity index (χ0) is 10.0. The van der Waals surface area contributed by atoms with Gasteiger partial charge in [-0.2, -0.15) is 5.10 Å². The van der Waals surface area contributed by atoms with Crippen molar-refractivity contribution in [2.45, 2.75) is 33.2 Å². The molecule has 0 spiro atoms. The fourth-order valence-electron chi connectivity index (χ4n) is 2.00. The Balaban J connectivity index is 2.09. The molecule has 0 atom stereocenters. The van der Waals surface area contributed by atoms with E-state index in [-0.39, 0.29) is 0 Å². The maximum atomic E-state index is 4.33. The first kappa shape index (κ1) is 9.65. The van der Waals surface area contributed by atoms with Crippen LogP contribution in [-0.2, 0) is 13.0 Å². The molecule has 0 radical (unpaired) electrons. The highest BCUT2D eigenvalue weighted by Gasteiger charge is 2.36. The highest BCUT2D eigenvalue weighted by molar-refractivity contribution is 5.00. The quantitative estimate of drug-likeness (QED) is 0.772.